The summed E-state index contributed by atoms with van der Waals surface area (Å²) in [5.41, 5.74) is 0.808. The summed E-state index contributed by atoms with van der Waals surface area (Å²) in [5.74, 6) is 0. The van der Waals surface area contributed by atoms with Crippen molar-refractivity contribution >= 4 is 0 Å². The fourth-order valence-corrected chi connectivity index (χ4v) is 2.27. The second-order valence-corrected chi connectivity index (χ2v) is 4.67. The molecule has 2 fully saturated rings. The number of hydrogen-bond donors (Lipinski definition) is 0. The Morgan fingerprint density at radius 2 is 1.91 bits per heavy atom. The maximum absolute atomic E-state index is 2.65. The summed E-state index contributed by atoms with van der Waals surface area (Å²) < 4.78 is 0. The van der Waals surface area contributed by atoms with Crippen LogP contribution in [0.3, 0.4) is 0 Å². The molecule has 64 valence electrons. The molecule has 0 aromatic carbocycles. The lowest BCUT2D eigenvalue weighted by atomic mass is 9.94. The normalized spacial score (nSPS) is 29.7. The molecule has 0 amide bonds. The first-order chi connectivity index (χ1) is 5.22. The SMILES string of the molecule is CC(C)N1CCCC2(CC2)C1. The zero-order valence-corrected chi connectivity index (χ0v) is 7.77. The van der Waals surface area contributed by atoms with E-state index in [1.165, 1.54) is 38.8 Å². The Balaban J connectivity index is 1.93. The number of rotatable bonds is 1. The largest absolute Gasteiger partial charge is 0.300 e. The van der Waals surface area contributed by atoms with Crippen molar-refractivity contribution in [3.8, 4) is 0 Å². The van der Waals surface area contributed by atoms with Crippen LogP contribution in [0.25, 0.3) is 0 Å². The summed E-state index contributed by atoms with van der Waals surface area (Å²) in [6, 6.07) is 0.771. The van der Waals surface area contributed by atoms with Gasteiger partial charge >= 0.3 is 0 Å². The minimum absolute atomic E-state index is 0.771. The third-order valence-electron chi connectivity index (χ3n) is 3.38. The van der Waals surface area contributed by atoms with Crippen LogP contribution in [-0.2, 0) is 0 Å². The van der Waals surface area contributed by atoms with Gasteiger partial charge in [0.2, 0.25) is 0 Å². The van der Waals surface area contributed by atoms with Gasteiger partial charge in [-0.2, -0.15) is 0 Å². The van der Waals surface area contributed by atoms with Crippen LogP contribution in [0.15, 0.2) is 0 Å². The molecule has 2 aliphatic rings. The highest BCUT2D eigenvalue weighted by Crippen LogP contribution is 2.52. The third-order valence-corrected chi connectivity index (χ3v) is 3.38. The Morgan fingerprint density at radius 1 is 1.18 bits per heavy atom. The third kappa shape index (κ3) is 1.44. The molecule has 1 aliphatic heterocycles. The summed E-state index contributed by atoms with van der Waals surface area (Å²) >= 11 is 0. The molecular formula is C10H19N. The maximum atomic E-state index is 2.65. The molecule has 1 spiro atoms. The van der Waals surface area contributed by atoms with Gasteiger partial charge in [0, 0.05) is 12.6 Å². The van der Waals surface area contributed by atoms with Gasteiger partial charge in [-0.25, -0.2) is 0 Å². The van der Waals surface area contributed by atoms with Crippen LogP contribution in [0.5, 0.6) is 0 Å². The molecule has 0 unspecified atom stereocenters. The van der Waals surface area contributed by atoms with Gasteiger partial charge in [0.25, 0.3) is 0 Å². The second-order valence-electron chi connectivity index (χ2n) is 4.67. The lowest BCUT2D eigenvalue weighted by molar-refractivity contribution is 0.128. The Bertz CT molecular complexity index is 147. The van der Waals surface area contributed by atoms with Crippen LogP contribution in [0.2, 0.25) is 0 Å². The Morgan fingerprint density at radius 3 is 2.45 bits per heavy atom. The van der Waals surface area contributed by atoms with Gasteiger partial charge in [0.15, 0.2) is 0 Å². The van der Waals surface area contributed by atoms with Gasteiger partial charge in [-0.3, -0.25) is 0 Å². The van der Waals surface area contributed by atoms with E-state index >= 15 is 0 Å². The molecule has 2 rings (SSSR count). The highest BCUT2D eigenvalue weighted by atomic mass is 15.2. The molecule has 0 aromatic rings. The van der Waals surface area contributed by atoms with E-state index in [2.05, 4.69) is 18.7 Å². The van der Waals surface area contributed by atoms with Gasteiger partial charge in [-0.05, 0) is 51.5 Å². The van der Waals surface area contributed by atoms with Crippen molar-refractivity contribution in [3.63, 3.8) is 0 Å². The first kappa shape index (κ1) is 7.60. The summed E-state index contributed by atoms with van der Waals surface area (Å²) in [4.78, 5) is 2.65. The zero-order chi connectivity index (χ0) is 7.90. The van der Waals surface area contributed by atoms with Crippen molar-refractivity contribution in [2.45, 2.75) is 45.6 Å². The van der Waals surface area contributed by atoms with E-state index in [1.54, 1.807) is 0 Å². The number of nitrogens with zero attached hydrogens (tertiary/aromatic N) is 1. The molecule has 0 N–H and O–H groups in total. The topological polar surface area (TPSA) is 3.24 Å². The molecular weight excluding hydrogens is 134 g/mol. The van der Waals surface area contributed by atoms with Crippen LogP contribution in [0.4, 0.5) is 0 Å². The van der Waals surface area contributed by atoms with Crippen molar-refractivity contribution in [3.05, 3.63) is 0 Å². The van der Waals surface area contributed by atoms with Crippen LogP contribution < -0.4 is 0 Å². The number of likely N-dealkylation sites (tertiary alicyclic amines) is 1. The highest BCUT2D eigenvalue weighted by molar-refractivity contribution is 4.98. The minimum Gasteiger partial charge on any atom is -0.300 e. The Hall–Kier alpha value is -0.0400. The Labute approximate surface area is 69.8 Å². The van der Waals surface area contributed by atoms with E-state index in [9.17, 15) is 0 Å². The van der Waals surface area contributed by atoms with Gasteiger partial charge in [0.1, 0.15) is 0 Å². The van der Waals surface area contributed by atoms with E-state index < -0.39 is 0 Å². The van der Waals surface area contributed by atoms with Crippen molar-refractivity contribution in [1.29, 1.82) is 0 Å². The van der Waals surface area contributed by atoms with Crippen LogP contribution in [0.1, 0.15) is 39.5 Å². The van der Waals surface area contributed by atoms with Crippen LogP contribution >= 0.6 is 0 Å². The zero-order valence-electron chi connectivity index (χ0n) is 7.77. The predicted molar refractivity (Wildman–Crippen MR) is 47.6 cm³/mol. The quantitative estimate of drug-likeness (QED) is 0.558. The van der Waals surface area contributed by atoms with Gasteiger partial charge in [-0.1, -0.05) is 0 Å². The van der Waals surface area contributed by atoms with E-state index in [4.69, 9.17) is 0 Å². The lowest BCUT2D eigenvalue weighted by Gasteiger charge is -2.35. The molecule has 1 saturated heterocycles. The summed E-state index contributed by atoms with van der Waals surface area (Å²) in [6.45, 7) is 7.38. The molecule has 1 nitrogen and oxygen atoms in total. The first-order valence-corrected chi connectivity index (χ1v) is 4.96. The fourth-order valence-electron chi connectivity index (χ4n) is 2.27. The highest BCUT2D eigenvalue weighted by Gasteiger charge is 2.45. The molecule has 1 saturated carbocycles. The predicted octanol–water partition coefficient (Wildman–Crippen LogP) is 2.27. The maximum Gasteiger partial charge on any atom is 0.00407 e. The van der Waals surface area contributed by atoms with Gasteiger partial charge in [0.05, 0.1) is 0 Å². The molecule has 0 atom stereocenters. The van der Waals surface area contributed by atoms with Crippen molar-refractivity contribution in [2.24, 2.45) is 5.41 Å². The second kappa shape index (κ2) is 2.48. The number of piperidine rings is 1. The summed E-state index contributed by atoms with van der Waals surface area (Å²) in [6.07, 6.45) is 5.97. The molecule has 0 bridgehead atoms. The molecule has 1 heteroatoms. The van der Waals surface area contributed by atoms with E-state index in [1.807, 2.05) is 0 Å². The molecule has 11 heavy (non-hydrogen) atoms. The monoisotopic (exact) mass is 153 g/mol. The number of hydrogen-bond acceptors (Lipinski definition) is 1. The van der Waals surface area contributed by atoms with Crippen molar-refractivity contribution < 1.29 is 0 Å². The first-order valence-electron chi connectivity index (χ1n) is 4.96. The molecule has 1 aliphatic carbocycles. The molecule has 0 aromatic heterocycles. The van der Waals surface area contributed by atoms with Crippen LogP contribution in [-0.4, -0.2) is 24.0 Å². The molecule has 0 radical (unpaired) electrons. The molecule has 1 heterocycles. The standard InChI is InChI=1S/C10H19N/c1-9(2)11-7-3-4-10(8-11)5-6-10/h9H,3-8H2,1-2H3. The average molecular weight is 153 g/mol. The Kier molecular flexibility index (Phi) is 1.71. The summed E-state index contributed by atoms with van der Waals surface area (Å²) in [5, 5.41) is 0. The van der Waals surface area contributed by atoms with Crippen molar-refractivity contribution in [2.75, 3.05) is 13.1 Å². The van der Waals surface area contributed by atoms with E-state index in [0.29, 0.717) is 0 Å². The van der Waals surface area contributed by atoms with Crippen LogP contribution in [0, 0.1) is 5.41 Å². The smallest absolute Gasteiger partial charge is 0.00407 e. The van der Waals surface area contributed by atoms with E-state index in [-0.39, 0.29) is 0 Å². The average Bonchev–Trinajstić information content (AvgIpc) is 2.69. The summed E-state index contributed by atoms with van der Waals surface area (Å²) in [7, 11) is 0. The fraction of sp³-hybridized carbons (Fsp3) is 1.00. The minimum atomic E-state index is 0.771. The van der Waals surface area contributed by atoms with E-state index in [0.717, 1.165) is 11.5 Å². The van der Waals surface area contributed by atoms with Gasteiger partial charge < -0.3 is 4.90 Å². The van der Waals surface area contributed by atoms with Gasteiger partial charge in [-0.15, -0.1) is 0 Å². The van der Waals surface area contributed by atoms with Crippen molar-refractivity contribution in [1.82, 2.24) is 4.90 Å². The lowest BCUT2D eigenvalue weighted by Crippen LogP contribution is -2.40.